The van der Waals surface area contributed by atoms with Gasteiger partial charge < -0.3 is 14.5 Å². The van der Waals surface area contributed by atoms with E-state index in [1.165, 1.54) is 5.69 Å². The van der Waals surface area contributed by atoms with Crippen LogP contribution in [0.25, 0.3) is 0 Å². The lowest BCUT2D eigenvalue weighted by molar-refractivity contribution is -0.130. The van der Waals surface area contributed by atoms with Crippen molar-refractivity contribution in [3.63, 3.8) is 0 Å². The number of hydrogen-bond acceptors (Lipinski definition) is 5. The summed E-state index contributed by atoms with van der Waals surface area (Å²) < 4.78 is 5.06. The van der Waals surface area contributed by atoms with Gasteiger partial charge in [-0.05, 0) is 12.1 Å². The second kappa shape index (κ2) is 7.57. The van der Waals surface area contributed by atoms with Gasteiger partial charge in [0.1, 0.15) is 5.01 Å². The Morgan fingerprint density at radius 3 is 2.65 bits per heavy atom. The fourth-order valence-corrected chi connectivity index (χ4v) is 3.50. The third-order valence-corrected chi connectivity index (χ3v) is 4.82. The van der Waals surface area contributed by atoms with Gasteiger partial charge in [0.25, 0.3) is 0 Å². The van der Waals surface area contributed by atoms with E-state index < -0.39 is 0 Å². The number of nitrogens with zero attached hydrogens (tertiary/aromatic N) is 3. The Morgan fingerprint density at radius 1 is 1.22 bits per heavy atom. The molecule has 23 heavy (non-hydrogen) atoms. The van der Waals surface area contributed by atoms with Crippen molar-refractivity contribution in [2.75, 3.05) is 38.2 Å². The van der Waals surface area contributed by atoms with Gasteiger partial charge in [-0.2, -0.15) is 0 Å². The minimum atomic E-state index is 0.159. The number of amides is 1. The first-order valence-corrected chi connectivity index (χ1v) is 8.64. The molecule has 3 rings (SSSR count). The van der Waals surface area contributed by atoms with Crippen molar-refractivity contribution in [3.8, 4) is 0 Å². The molecular weight excluding hydrogens is 310 g/mol. The monoisotopic (exact) mass is 331 g/mol. The average Bonchev–Trinajstić information content (AvgIpc) is 3.03. The summed E-state index contributed by atoms with van der Waals surface area (Å²) in [6, 6.07) is 10.3. The zero-order valence-corrected chi connectivity index (χ0v) is 14.1. The van der Waals surface area contributed by atoms with Gasteiger partial charge in [-0.25, -0.2) is 4.98 Å². The van der Waals surface area contributed by atoms with E-state index in [0.29, 0.717) is 13.0 Å². The number of methoxy groups -OCH3 is 1. The fourth-order valence-electron chi connectivity index (χ4n) is 2.74. The maximum atomic E-state index is 12.4. The molecule has 6 heteroatoms. The molecule has 1 amide bonds. The standard InChI is InChI=1S/C17H21N3O2S/c1-22-12-16-18-14(13-23-16)11-17(21)20-9-7-19(8-10-20)15-5-3-2-4-6-15/h2-6,13H,7-12H2,1H3. The molecule has 2 heterocycles. The number of aromatic nitrogens is 1. The highest BCUT2D eigenvalue weighted by Gasteiger charge is 2.21. The predicted octanol–water partition coefficient (Wildman–Crippen LogP) is 2.18. The van der Waals surface area contributed by atoms with Gasteiger partial charge in [-0.15, -0.1) is 11.3 Å². The van der Waals surface area contributed by atoms with Crippen LogP contribution in [0.5, 0.6) is 0 Å². The number of benzene rings is 1. The summed E-state index contributed by atoms with van der Waals surface area (Å²) >= 11 is 1.55. The van der Waals surface area contributed by atoms with Gasteiger partial charge >= 0.3 is 0 Å². The van der Waals surface area contributed by atoms with Crippen LogP contribution in [0.1, 0.15) is 10.7 Å². The molecule has 122 valence electrons. The molecule has 0 atom stereocenters. The minimum Gasteiger partial charge on any atom is -0.378 e. The smallest absolute Gasteiger partial charge is 0.228 e. The van der Waals surface area contributed by atoms with Crippen molar-refractivity contribution < 1.29 is 9.53 Å². The lowest BCUT2D eigenvalue weighted by Gasteiger charge is -2.36. The number of hydrogen-bond donors (Lipinski definition) is 0. The number of piperazine rings is 1. The summed E-state index contributed by atoms with van der Waals surface area (Å²) in [5, 5.41) is 2.87. The molecule has 0 bridgehead atoms. The topological polar surface area (TPSA) is 45.7 Å². The van der Waals surface area contributed by atoms with E-state index in [-0.39, 0.29) is 5.91 Å². The zero-order chi connectivity index (χ0) is 16.1. The quantitative estimate of drug-likeness (QED) is 0.842. The summed E-state index contributed by atoms with van der Waals surface area (Å²) in [5.74, 6) is 0.159. The molecule has 1 fully saturated rings. The van der Waals surface area contributed by atoms with Gasteiger partial charge in [0.2, 0.25) is 5.91 Å². The van der Waals surface area contributed by atoms with Crippen molar-refractivity contribution in [1.82, 2.24) is 9.88 Å². The zero-order valence-electron chi connectivity index (χ0n) is 13.3. The van der Waals surface area contributed by atoms with Crippen LogP contribution < -0.4 is 4.90 Å². The number of thiazole rings is 1. The van der Waals surface area contributed by atoms with E-state index >= 15 is 0 Å². The van der Waals surface area contributed by atoms with Gasteiger partial charge in [0.15, 0.2) is 0 Å². The van der Waals surface area contributed by atoms with Gasteiger partial charge in [0.05, 0.1) is 18.7 Å². The number of rotatable bonds is 5. The number of para-hydroxylation sites is 1. The average molecular weight is 331 g/mol. The van der Waals surface area contributed by atoms with Crippen LogP contribution in [0.2, 0.25) is 0 Å². The molecule has 1 aliphatic heterocycles. The van der Waals surface area contributed by atoms with Gasteiger partial charge in [-0.1, -0.05) is 18.2 Å². The van der Waals surface area contributed by atoms with Gasteiger partial charge in [-0.3, -0.25) is 4.79 Å². The Bertz CT molecular complexity index is 636. The third kappa shape index (κ3) is 4.09. The maximum absolute atomic E-state index is 12.4. The first-order valence-electron chi connectivity index (χ1n) is 7.76. The van der Waals surface area contributed by atoms with E-state index in [2.05, 4.69) is 22.0 Å². The normalized spacial score (nSPS) is 15.0. The van der Waals surface area contributed by atoms with Crippen molar-refractivity contribution in [2.45, 2.75) is 13.0 Å². The van der Waals surface area contributed by atoms with Crippen LogP contribution in [0.15, 0.2) is 35.7 Å². The highest BCUT2D eigenvalue weighted by atomic mass is 32.1. The van der Waals surface area contributed by atoms with E-state index in [1.807, 2.05) is 28.5 Å². The molecule has 0 N–H and O–H groups in total. The lowest BCUT2D eigenvalue weighted by Crippen LogP contribution is -2.49. The summed E-state index contributed by atoms with van der Waals surface area (Å²) in [6.07, 6.45) is 0.381. The Kier molecular flexibility index (Phi) is 5.25. The number of anilines is 1. The van der Waals surface area contributed by atoms with E-state index in [4.69, 9.17) is 4.74 Å². The van der Waals surface area contributed by atoms with E-state index in [0.717, 1.165) is 36.9 Å². The van der Waals surface area contributed by atoms with Crippen LogP contribution in [0.3, 0.4) is 0 Å². The molecule has 0 unspecified atom stereocenters. The number of carbonyl (C=O) groups is 1. The molecule has 5 nitrogen and oxygen atoms in total. The van der Waals surface area contributed by atoms with Crippen molar-refractivity contribution in [3.05, 3.63) is 46.4 Å². The SMILES string of the molecule is COCc1nc(CC(=O)N2CCN(c3ccccc3)CC2)cs1. The Morgan fingerprint density at radius 2 is 1.96 bits per heavy atom. The minimum absolute atomic E-state index is 0.159. The second-order valence-electron chi connectivity index (χ2n) is 5.55. The molecule has 0 aliphatic carbocycles. The molecule has 0 spiro atoms. The van der Waals surface area contributed by atoms with Crippen LogP contribution in [0.4, 0.5) is 5.69 Å². The van der Waals surface area contributed by atoms with Crippen LogP contribution >= 0.6 is 11.3 Å². The lowest BCUT2D eigenvalue weighted by atomic mass is 10.2. The van der Waals surface area contributed by atoms with E-state index in [1.54, 1.807) is 18.4 Å². The molecule has 1 saturated heterocycles. The molecule has 1 aromatic carbocycles. The Balaban J connectivity index is 1.51. The van der Waals surface area contributed by atoms with Crippen LogP contribution in [-0.4, -0.2) is 49.1 Å². The summed E-state index contributed by atoms with van der Waals surface area (Å²) in [6.45, 7) is 3.80. The molecule has 0 saturated carbocycles. The first kappa shape index (κ1) is 16.0. The second-order valence-corrected chi connectivity index (χ2v) is 6.49. The highest BCUT2D eigenvalue weighted by Crippen LogP contribution is 2.17. The van der Waals surface area contributed by atoms with E-state index in [9.17, 15) is 4.79 Å². The van der Waals surface area contributed by atoms with Crippen molar-refractivity contribution in [1.29, 1.82) is 0 Å². The largest absolute Gasteiger partial charge is 0.378 e. The van der Waals surface area contributed by atoms with Crippen LogP contribution in [0, 0.1) is 0 Å². The molecule has 1 aliphatic rings. The third-order valence-electron chi connectivity index (χ3n) is 3.95. The molecule has 0 radical (unpaired) electrons. The fraction of sp³-hybridized carbons (Fsp3) is 0.412. The number of ether oxygens (including phenoxy) is 1. The highest BCUT2D eigenvalue weighted by molar-refractivity contribution is 7.09. The Labute approximate surface area is 140 Å². The Hall–Kier alpha value is -1.92. The first-order chi connectivity index (χ1) is 11.3. The van der Waals surface area contributed by atoms with Gasteiger partial charge in [0, 0.05) is 44.4 Å². The predicted molar refractivity (Wildman–Crippen MR) is 91.8 cm³/mol. The maximum Gasteiger partial charge on any atom is 0.228 e. The molecule has 2 aromatic rings. The van der Waals surface area contributed by atoms with Crippen LogP contribution in [-0.2, 0) is 22.6 Å². The van der Waals surface area contributed by atoms with Crippen molar-refractivity contribution in [2.24, 2.45) is 0 Å². The van der Waals surface area contributed by atoms with Crippen molar-refractivity contribution >= 4 is 22.9 Å². The summed E-state index contributed by atoms with van der Waals surface area (Å²) in [4.78, 5) is 21.1. The summed E-state index contributed by atoms with van der Waals surface area (Å²) in [7, 11) is 1.65. The molecule has 1 aromatic heterocycles. The number of carbonyl (C=O) groups excluding carboxylic acids is 1. The molecular formula is C17H21N3O2S. The summed E-state index contributed by atoms with van der Waals surface area (Å²) in [5.41, 5.74) is 2.07.